The number of hydrogen-bond acceptors (Lipinski definition) is 9. The number of carbonyl (C=O) groups excluding carboxylic acids is 4. The monoisotopic (exact) mass is 556 g/mol. The van der Waals surface area contributed by atoms with Crippen LogP contribution in [0.15, 0.2) is 42.0 Å². The number of aliphatic hydroxyl groups excluding tert-OH is 1. The second-order valence-electron chi connectivity index (χ2n) is 8.48. The van der Waals surface area contributed by atoms with Gasteiger partial charge in [0.2, 0.25) is 11.8 Å². The fraction of sp³-hybridized carbons (Fsp3) is 0.440. The minimum atomic E-state index is -4.65. The second-order valence-corrected chi connectivity index (χ2v) is 8.48. The van der Waals surface area contributed by atoms with Gasteiger partial charge in [0.15, 0.2) is 6.61 Å². The van der Waals surface area contributed by atoms with Crippen LogP contribution < -0.4 is 10.6 Å². The first-order valence-electron chi connectivity index (χ1n) is 11.9. The van der Waals surface area contributed by atoms with Crippen molar-refractivity contribution in [1.29, 1.82) is 0 Å². The lowest BCUT2D eigenvalue weighted by Gasteiger charge is -2.30. The van der Waals surface area contributed by atoms with Crippen LogP contribution in [0.1, 0.15) is 28.8 Å². The van der Waals surface area contributed by atoms with Crippen LogP contribution in [0.3, 0.4) is 0 Å². The van der Waals surface area contributed by atoms with Gasteiger partial charge in [0, 0.05) is 37.6 Å². The highest BCUT2D eigenvalue weighted by molar-refractivity contribution is 5.94. The first kappa shape index (κ1) is 29.8. The summed E-state index contributed by atoms with van der Waals surface area (Å²) < 4.78 is 57.2. The van der Waals surface area contributed by atoms with Gasteiger partial charge >= 0.3 is 18.1 Å². The number of ether oxygens (including phenoxy) is 4. The van der Waals surface area contributed by atoms with Gasteiger partial charge in [-0.05, 0) is 29.8 Å². The summed E-state index contributed by atoms with van der Waals surface area (Å²) in [5.41, 5.74) is 0.702. The van der Waals surface area contributed by atoms with E-state index in [-0.39, 0.29) is 56.4 Å². The molecule has 11 nitrogen and oxygen atoms in total. The van der Waals surface area contributed by atoms with Crippen LogP contribution in [-0.2, 0) is 33.3 Å². The third-order valence-electron chi connectivity index (χ3n) is 5.53. The van der Waals surface area contributed by atoms with Crippen molar-refractivity contribution < 1.29 is 56.4 Å². The molecule has 3 unspecified atom stereocenters. The van der Waals surface area contributed by atoms with Gasteiger partial charge in [0.1, 0.15) is 25.1 Å². The van der Waals surface area contributed by atoms with Crippen molar-refractivity contribution in [2.45, 2.75) is 37.3 Å². The minimum absolute atomic E-state index is 0.00787. The van der Waals surface area contributed by atoms with Crippen LogP contribution in [0, 0.1) is 0 Å². The number of amides is 2. The Morgan fingerprint density at radius 1 is 1.13 bits per heavy atom. The van der Waals surface area contributed by atoms with Gasteiger partial charge in [-0.1, -0.05) is 12.1 Å². The summed E-state index contributed by atoms with van der Waals surface area (Å²) in [5, 5.41) is 13.8. The molecule has 0 aromatic heterocycles. The highest BCUT2D eigenvalue weighted by atomic mass is 19.4. The van der Waals surface area contributed by atoms with Crippen molar-refractivity contribution in [3.63, 3.8) is 0 Å². The van der Waals surface area contributed by atoms with Gasteiger partial charge in [-0.25, -0.2) is 9.59 Å². The van der Waals surface area contributed by atoms with E-state index in [1.807, 2.05) is 0 Å². The molecule has 0 bridgehead atoms. The topological polar surface area (TPSA) is 149 Å². The highest BCUT2D eigenvalue weighted by Gasteiger charge is 2.42. The number of halogens is 3. The molecule has 1 aromatic carbocycles. The zero-order valence-corrected chi connectivity index (χ0v) is 20.6. The van der Waals surface area contributed by atoms with E-state index in [2.05, 4.69) is 15.4 Å². The molecular weight excluding hydrogens is 529 g/mol. The molecule has 2 amide bonds. The maximum Gasteiger partial charge on any atom is 0.422 e. The summed E-state index contributed by atoms with van der Waals surface area (Å²) in [4.78, 5) is 48.6. The van der Waals surface area contributed by atoms with Crippen LogP contribution in [0.5, 0.6) is 0 Å². The number of carbonyl (C=O) groups is 4. The van der Waals surface area contributed by atoms with E-state index in [9.17, 15) is 32.3 Å². The van der Waals surface area contributed by atoms with E-state index < -0.39 is 48.9 Å². The zero-order chi connectivity index (χ0) is 28.4. The molecule has 1 aromatic rings. The van der Waals surface area contributed by atoms with Gasteiger partial charge in [-0.2, -0.15) is 13.2 Å². The highest BCUT2D eigenvalue weighted by Crippen LogP contribution is 2.30. The molecule has 1 aliphatic heterocycles. The predicted molar refractivity (Wildman–Crippen MR) is 127 cm³/mol. The lowest BCUT2D eigenvalue weighted by Crippen LogP contribution is -2.43. The average Bonchev–Trinajstić information content (AvgIpc) is 3.38. The van der Waals surface area contributed by atoms with Gasteiger partial charge in [-0.3, -0.25) is 9.59 Å². The smallest absolute Gasteiger partial charge is 0.422 e. The molecular formula is C25H27F3N2O9. The number of fused-ring (bicyclic) bond motifs is 1. The largest absolute Gasteiger partial charge is 0.456 e. The minimum Gasteiger partial charge on any atom is -0.456 e. The standard InChI is InChI=1S/C25H27F3N2O9/c26-25(27,28)13-36-21(33)5-4-15-2-1-3-16(10-15)24(35)39-19-12-17(11-18-22(19)38-14-37-18)23(34)30-7-6-20(32)29-8-9-31/h1-5,10-11,18-19,22,31H,6-9,12-14H2,(H,29,32)(H,30,34). The van der Waals surface area contributed by atoms with E-state index in [1.54, 1.807) is 6.08 Å². The van der Waals surface area contributed by atoms with Crippen LogP contribution in [0.2, 0.25) is 0 Å². The molecule has 0 saturated carbocycles. The number of esters is 2. The first-order chi connectivity index (χ1) is 18.6. The molecule has 39 heavy (non-hydrogen) atoms. The van der Waals surface area contributed by atoms with Crippen LogP contribution in [0.25, 0.3) is 6.08 Å². The Kier molecular flexibility index (Phi) is 10.6. The van der Waals surface area contributed by atoms with E-state index in [1.165, 1.54) is 30.3 Å². The van der Waals surface area contributed by atoms with Crippen molar-refractivity contribution in [3.8, 4) is 0 Å². The van der Waals surface area contributed by atoms with Crippen LogP contribution in [-0.4, -0.2) is 86.4 Å². The number of benzene rings is 1. The van der Waals surface area contributed by atoms with Gasteiger partial charge in [0.05, 0.1) is 12.2 Å². The summed E-state index contributed by atoms with van der Waals surface area (Å²) in [6.07, 6.45) is -3.22. The molecule has 212 valence electrons. The second kappa shape index (κ2) is 13.9. The zero-order valence-electron chi connectivity index (χ0n) is 20.6. The fourth-order valence-electron chi connectivity index (χ4n) is 3.75. The van der Waals surface area contributed by atoms with Gasteiger partial charge in [-0.15, -0.1) is 0 Å². The normalized spacial score (nSPS) is 20.6. The van der Waals surface area contributed by atoms with E-state index in [4.69, 9.17) is 19.3 Å². The van der Waals surface area contributed by atoms with Crippen molar-refractivity contribution in [1.82, 2.24) is 10.6 Å². The Labute approximate surface area is 220 Å². The molecule has 1 fully saturated rings. The number of nitrogens with one attached hydrogen (secondary N) is 2. The van der Waals surface area contributed by atoms with E-state index >= 15 is 0 Å². The summed E-state index contributed by atoms with van der Waals surface area (Å²) >= 11 is 0. The third kappa shape index (κ3) is 9.50. The molecule has 3 N–H and O–H groups in total. The Bertz CT molecular complexity index is 1120. The fourth-order valence-corrected chi connectivity index (χ4v) is 3.75. The maximum atomic E-state index is 12.9. The van der Waals surface area contributed by atoms with E-state index in [0.29, 0.717) is 5.56 Å². The lowest BCUT2D eigenvalue weighted by molar-refractivity contribution is -0.182. The molecule has 3 atom stereocenters. The van der Waals surface area contributed by atoms with Gasteiger partial charge in [0.25, 0.3) is 0 Å². The Morgan fingerprint density at radius 3 is 2.67 bits per heavy atom. The summed E-state index contributed by atoms with van der Waals surface area (Å²) in [7, 11) is 0. The first-order valence-corrected chi connectivity index (χ1v) is 11.9. The van der Waals surface area contributed by atoms with Crippen molar-refractivity contribution in [3.05, 3.63) is 53.1 Å². The molecule has 3 rings (SSSR count). The van der Waals surface area contributed by atoms with Crippen molar-refractivity contribution in [2.24, 2.45) is 0 Å². The molecule has 2 aliphatic rings. The molecule has 14 heteroatoms. The van der Waals surface area contributed by atoms with Gasteiger partial charge < -0.3 is 34.7 Å². The number of aliphatic hydroxyl groups is 1. The lowest BCUT2D eigenvalue weighted by atomic mass is 9.91. The maximum absolute atomic E-state index is 12.9. The van der Waals surface area contributed by atoms with Crippen LogP contribution in [0.4, 0.5) is 13.2 Å². The molecule has 1 aliphatic carbocycles. The Balaban J connectivity index is 1.59. The molecule has 1 heterocycles. The van der Waals surface area contributed by atoms with Crippen LogP contribution >= 0.6 is 0 Å². The summed E-state index contributed by atoms with van der Waals surface area (Å²) in [6, 6.07) is 5.82. The number of rotatable bonds is 11. The van der Waals surface area contributed by atoms with Crippen molar-refractivity contribution >= 4 is 29.8 Å². The quantitative estimate of drug-likeness (QED) is 0.268. The molecule has 0 spiro atoms. The Morgan fingerprint density at radius 2 is 1.92 bits per heavy atom. The number of hydrogen-bond donors (Lipinski definition) is 3. The van der Waals surface area contributed by atoms with E-state index in [0.717, 1.165) is 6.08 Å². The summed E-state index contributed by atoms with van der Waals surface area (Å²) in [6.45, 7) is -1.82. The third-order valence-corrected chi connectivity index (χ3v) is 5.53. The molecule has 1 saturated heterocycles. The average molecular weight is 556 g/mol. The molecule has 0 radical (unpaired) electrons. The number of alkyl halides is 3. The Hall–Kier alpha value is -3.75. The predicted octanol–water partition coefficient (Wildman–Crippen LogP) is 1.02. The SMILES string of the molecule is O=C(CCNC(=O)C1=CC2OCOC2C(OC(=O)c2cccc(C=CC(=O)OCC(F)(F)F)c2)C1)NCCO. The van der Waals surface area contributed by atoms with Crippen molar-refractivity contribution in [2.75, 3.05) is 33.1 Å². The summed E-state index contributed by atoms with van der Waals surface area (Å²) in [5.74, 6) is -2.76.